The fourth-order valence-corrected chi connectivity index (χ4v) is 0.981. The van der Waals surface area contributed by atoms with Crippen molar-refractivity contribution in [2.75, 3.05) is 0 Å². The van der Waals surface area contributed by atoms with Crippen LogP contribution in [0.3, 0.4) is 0 Å². The van der Waals surface area contributed by atoms with Crippen molar-refractivity contribution < 1.29 is 26.3 Å². The van der Waals surface area contributed by atoms with E-state index >= 15 is 0 Å². The molecule has 0 radical (unpaired) electrons. The van der Waals surface area contributed by atoms with E-state index in [1.54, 1.807) is 0 Å². The van der Waals surface area contributed by atoms with Crippen molar-refractivity contribution in [1.29, 1.82) is 0 Å². The second-order valence-electron chi connectivity index (χ2n) is 2.22. The highest BCUT2D eigenvalue weighted by molar-refractivity contribution is 6.54. The molecular formula is C5Cl4F6. The summed E-state index contributed by atoms with van der Waals surface area (Å²) in [5.41, 5.74) is 0. The molecule has 0 amide bonds. The molecule has 0 nitrogen and oxygen atoms in total. The van der Waals surface area contributed by atoms with Crippen LogP contribution >= 0.6 is 46.4 Å². The van der Waals surface area contributed by atoms with Crippen molar-refractivity contribution in [3.8, 4) is 0 Å². The van der Waals surface area contributed by atoms with E-state index in [4.69, 9.17) is 0 Å². The Hall–Kier alpha value is 0.480. The summed E-state index contributed by atoms with van der Waals surface area (Å²) in [4.78, 5) is 0. The van der Waals surface area contributed by atoms with Gasteiger partial charge in [-0.3, -0.25) is 0 Å². The Morgan fingerprint density at radius 2 is 1.20 bits per heavy atom. The van der Waals surface area contributed by atoms with Crippen molar-refractivity contribution in [3.63, 3.8) is 0 Å². The molecule has 0 bridgehead atoms. The minimum Gasteiger partial charge on any atom is -0.196 e. The highest BCUT2D eigenvalue weighted by Crippen LogP contribution is 2.55. The first-order valence-electron chi connectivity index (χ1n) is 2.89. The largest absolute Gasteiger partial charge is 0.360 e. The van der Waals surface area contributed by atoms with Crippen LogP contribution in [0.4, 0.5) is 26.3 Å². The second kappa shape index (κ2) is 4.39. The quantitative estimate of drug-likeness (QED) is 0.509. The number of rotatable bonds is 3. The highest BCUT2D eigenvalue weighted by atomic mass is 35.5. The summed E-state index contributed by atoms with van der Waals surface area (Å²) >= 11 is 17.6. The van der Waals surface area contributed by atoms with Gasteiger partial charge in [0.15, 0.2) is 5.03 Å². The molecule has 15 heavy (non-hydrogen) atoms. The predicted octanol–water partition coefficient (Wildman–Crippen LogP) is 4.97. The van der Waals surface area contributed by atoms with Crippen LogP contribution in [0.5, 0.6) is 0 Å². The van der Waals surface area contributed by atoms with E-state index in [2.05, 4.69) is 46.4 Å². The first-order valence-corrected chi connectivity index (χ1v) is 4.40. The van der Waals surface area contributed by atoms with E-state index in [0.717, 1.165) is 0 Å². The van der Waals surface area contributed by atoms with Gasteiger partial charge in [-0.2, -0.15) is 26.3 Å². The third kappa shape index (κ3) is 2.78. The number of hydrogen-bond donors (Lipinski definition) is 0. The third-order valence-corrected chi connectivity index (χ3v) is 3.00. The summed E-state index contributed by atoms with van der Waals surface area (Å²) in [6.07, 6.45) is -3.09. The zero-order valence-corrected chi connectivity index (χ0v) is 9.30. The lowest BCUT2D eigenvalue weighted by Crippen LogP contribution is -2.49. The molecular weight excluding hydrogens is 316 g/mol. The van der Waals surface area contributed by atoms with Gasteiger partial charge in [-0.05, 0) is 11.6 Å². The molecule has 0 spiro atoms. The average Bonchev–Trinajstić information content (AvgIpc) is 2.00. The van der Waals surface area contributed by atoms with Crippen LogP contribution in [0, 0.1) is 0 Å². The summed E-state index contributed by atoms with van der Waals surface area (Å²) in [6, 6.07) is 0. The molecule has 0 saturated heterocycles. The van der Waals surface area contributed by atoms with Crippen molar-refractivity contribution in [2.24, 2.45) is 0 Å². The number of hydrogen-bond acceptors (Lipinski definition) is 0. The van der Waals surface area contributed by atoms with Gasteiger partial charge in [0.1, 0.15) is 0 Å². The molecule has 0 aromatic rings. The molecule has 0 unspecified atom stereocenters. The van der Waals surface area contributed by atoms with Gasteiger partial charge in [0, 0.05) is 0 Å². The van der Waals surface area contributed by atoms with Crippen molar-refractivity contribution >= 4 is 46.4 Å². The van der Waals surface area contributed by atoms with Gasteiger partial charge in [-0.1, -0.05) is 34.8 Å². The molecule has 0 aromatic heterocycles. The maximum atomic E-state index is 12.8. The first-order chi connectivity index (χ1) is 6.35. The predicted molar refractivity (Wildman–Crippen MR) is 45.3 cm³/mol. The summed E-state index contributed by atoms with van der Waals surface area (Å²) in [7, 11) is 0. The number of alkyl halides is 7. The zero-order chi connectivity index (χ0) is 12.7. The molecule has 90 valence electrons. The van der Waals surface area contributed by atoms with Gasteiger partial charge in [-0.25, -0.2) is 0 Å². The minimum absolute atomic E-state index is 2.49. The maximum absolute atomic E-state index is 12.8. The Balaban J connectivity index is 5.49. The fourth-order valence-electron chi connectivity index (χ4n) is 0.435. The molecule has 0 fully saturated rings. The topological polar surface area (TPSA) is 0 Å². The summed E-state index contributed by atoms with van der Waals surface area (Å²) in [5.74, 6) is -5.10. The lowest BCUT2D eigenvalue weighted by atomic mass is 10.2. The normalized spacial score (nSPS) is 14.0. The Labute approximate surface area is 99.7 Å². The number of allylic oxidation sites excluding steroid dienone is 1. The molecule has 0 heterocycles. The van der Waals surface area contributed by atoms with Crippen molar-refractivity contribution in [2.45, 2.75) is 15.6 Å². The molecule has 10 heteroatoms. The van der Waals surface area contributed by atoms with Crippen LogP contribution in [0.2, 0.25) is 0 Å². The lowest BCUT2D eigenvalue weighted by Gasteiger charge is -2.31. The lowest BCUT2D eigenvalue weighted by molar-refractivity contribution is -0.0537. The first kappa shape index (κ1) is 15.5. The molecule has 0 aliphatic heterocycles. The molecule has 0 rings (SSSR count). The highest BCUT2D eigenvalue weighted by Gasteiger charge is 2.69. The second-order valence-corrected chi connectivity index (χ2v) is 4.40. The monoisotopic (exact) mass is 314 g/mol. The van der Waals surface area contributed by atoms with Crippen LogP contribution in [0.15, 0.2) is 11.1 Å². The van der Waals surface area contributed by atoms with Gasteiger partial charge in [-0.15, -0.1) is 0 Å². The van der Waals surface area contributed by atoms with E-state index < -0.39 is 26.8 Å². The van der Waals surface area contributed by atoms with Gasteiger partial charge in [0.25, 0.3) is 10.4 Å². The van der Waals surface area contributed by atoms with Crippen LogP contribution < -0.4 is 0 Å². The van der Waals surface area contributed by atoms with Crippen LogP contribution in [-0.2, 0) is 0 Å². The summed E-state index contributed by atoms with van der Waals surface area (Å²) in [5, 5.41) is -7.34. The number of halogens is 10. The van der Waals surface area contributed by atoms with E-state index in [-0.39, 0.29) is 0 Å². The van der Waals surface area contributed by atoms with E-state index in [1.807, 2.05) is 0 Å². The fraction of sp³-hybridized carbons (Fsp3) is 0.600. The SMILES string of the molecule is FC(F)=C(Cl)C(F)(F)C(Cl)(Cl)C(F)(F)Cl. The van der Waals surface area contributed by atoms with Gasteiger partial charge >= 0.3 is 11.3 Å². The van der Waals surface area contributed by atoms with Gasteiger partial charge in [0.05, 0.1) is 0 Å². The Morgan fingerprint density at radius 1 is 0.867 bits per heavy atom. The Morgan fingerprint density at radius 3 is 1.40 bits per heavy atom. The molecule has 0 N–H and O–H groups in total. The molecule has 0 saturated carbocycles. The van der Waals surface area contributed by atoms with Crippen LogP contribution in [-0.4, -0.2) is 15.6 Å². The summed E-state index contributed by atoms with van der Waals surface area (Å²) < 4.78 is 69.4. The molecule has 0 aliphatic carbocycles. The van der Waals surface area contributed by atoms with Gasteiger partial charge < -0.3 is 0 Å². The molecule has 0 aromatic carbocycles. The van der Waals surface area contributed by atoms with Gasteiger partial charge in [0.2, 0.25) is 0 Å². The minimum atomic E-state index is -5.10. The molecule has 0 aliphatic rings. The zero-order valence-electron chi connectivity index (χ0n) is 6.28. The Bertz CT molecular complexity index is 276. The molecule has 0 atom stereocenters. The van der Waals surface area contributed by atoms with E-state index in [1.165, 1.54) is 0 Å². The van der Waals surface area contributed by atoms with E-state index in [0.29, 0.717) is 0 Å². The van der Waals surface area contributed by atoms with E-state index in [9.17, 15) is 26.3 Å². The average molecular weight is 316 g/mol. The Kier molecular flexibility index (Phi) is 4.53. The summed E-state index contributed by atoms with van der Waals surface area (Å²) in [6.45, 7) is 0. The standard InChI is InChI=1S/C5Cl4F6/c6-1(2(10)11)3(12,13)4(7,8)5(9,14)15. The van der Waals surface area contributed by atoms with Crippen LogP contribution in [0.1, 0.15) is 0 Å². The smallest absolute Gasteiger partial charge is 0.196 e. The van der Waals surface area contributed by atoms with Crippen molar-refractivity contribution in [1.82, 2.24) is 0 Å². The third-order valence-electron chi connectivity index (χ3n) is 1.19. The van der Waals surface area contributed by atoms with Crippen molar-refractivity contribution in [3.05, 3.63) is 11.1 Å². The van der Waals surface area contributed by atoms with Crippen LogP contribution in [0.25, 0.3) is 0 Å². The maximum Gasteiger partial charge on any atom is 0.360 e.